The zero-order chi connectivity index (χ0) is 31.0. The van der Waals surface area contributed by atoms with Crippen molar-refractivity contribution < 1.29 is 14.3 Å². The van der Waals surface area contributed by atoms with E-state index in [0.29, 0.717) is 17.2 Å². The van der Waals surface area contributed by atoms with Crippen molar-refractivity contribution in [3.63, 3.8) is 0 Å². The fourth-order valence-electron chi connectivity index (χ4n) is 7.35. The van der Waals surface area contributed by atoms with Crippen molar-refractivity contribution in [2.75, 3.05) is 43.1 Å². The van der Waals surface area contributed by atoms with E-state index in [-0.39, 0.29) is 23.9 Å². The second kappa shape index (κ2) is 12.2. The van der Waals surface area contributed by atoms with E-state index in [1.807, 2.05) is 32.9 Å². The number of fused-ring (bicyclic) bond motifs is 2. The molecule has 1 spiro atoms. The highest BCUT2D eigenvalue weighted by Crippen LogP contribution is 2.45. The number of carbonyl (C=O) groups excluding carboxylic acids is 2. The summed E-state index contributed by atoms with van der Waals surface area (Å²) < 4.78 is 5.66. The van der Waals surface area contributed by atoms with Crippen LogP contribution < -0.4 is 26.4 Å². The standard InChI is InChI=1S/C35H43N5O4/c1-5-40(26-8-14-44-15-9-26)31-19-25(24-6-7-29-30(18-24)39-34(43)35(29)10-12-36-13-11-35)17-27(23(31)4)32(41)37-20-28-21(2)16-22(3)38-33(28)42/h6-7,16-19,26,36H,5,8-15,20H2,1-4H3,(H,37,41)(H,38,42)(H,39,43). The molecule has 6 rings (SSSR count). The van der Waals surface area contributed by atoms with Gasteiger partial charge in [-0.25, -0.2) is 0 Å². The Morgan fingerprint density at radius 2 is 1.77 bits per heavy atom. The van der Waals surface area contributed by atoms with Crippen LogP contribution in [0.4, 0.5) is 11.4 Å². The maximum atomic E-state index is 13.9. The van der Waals surface area contributed by atoms with Gasteiger partial charge < -0.3 is 30.6 Å². The first kappa shape index (κ1) is 30.1. The number of nitrogens with one attached hydrogen (secondary N) is 4. The van der Waals surface area contributed by atoms with Crippen LogP contribution in [-0.4, -0.2) is 55.7 Å². The molecule has 0 unspecified atom stereocenters. The molecule has 1 aromatic heterocycles. The average Bonchev–Trinajstić information content (AvgIpc) is 3.27. The Bertz CT molecular complexity index is 1650. The highest BCUT2D eigenvalue weighted by atomic mass is 16.5. The van der Waals surface area contributed by atoms with Crippen LogP contribution in [0.3, 0.4) is 0 Å². The summed E-state index contributed by atoms with van der Waals surface area (Å²) in [6.07, 6.45) is 3.42. The lowest BCUT2D eigenvalue weighted by Crippen LogP contribution is -2.44. The number of aryl methyl sites for hydroxylation is 2. The van der Waals surface area contributed by atoms with Gasteiger partial charge in [0.25, 0.3) is 11.5 Å². The van der Waals surface area contributed by atoms with Gasteiger partial charge in [0.15, 0.2) is 0 Å². The molecule has 9 nitrogen and oxygen atoms in total. The van der Waals surface area contributed by atoms with Crippen LogP contribution in [-0.2, 0) is 21.5 Å². The van der Waals surface area contributed by atoms with Crippen LogP contribution >= 0.6 is 0 Å². The van der Waals surface area contributed by atoms with Crippen LogP contribution in [0.25, 0.3) is 11.1 Å². The summed E-state index contributed by atoms with van der Waals surface area (Å²) in [6.45, 7) is 11.9. The first-order valence-corrected chi connectivity index (χ1v) is 15.9. The maximum absolute atomic E-state index is 13.9. The summed E-state index contributed by atoms with van der Waals surface area (Å²) >= 11 is 0. The van der Waals surface area contributed by atoms with Gasteiger partial charge in [0.05, 0.1) is 5.41 Å². The molecule has 2 fully saturated rings. The zero-order valence-electron chi connectivity index (χ0n) is 26.2. The van der Waals surface area contributed by atoms with Crippen molar-refractivity contribution in [2.45, 2.75) is 71.4 Å². The molecule has 0 bridgehead atoms. The van der Waals surface area contributed by atoms with E-state index >= 15 is 0 Å². The Morgan fingerprint density at radius 1 is 1.02 bits per heavy atom. The molecular weight excluding hydrogens is 554 g/mol. The van der Waals surface area contributed by atoms with E-state index in [9.17, 15) is 14.4 Å². The third-order valence-electron chi connectivity index (χ3n) is 9.83. The molecule has 0 aliphatic carbocycles. The number of hydrogen-bond acceptors (Lipinski definition) is 6. The Labute approximate surface area is 258 Å². The summed E-state index contributed by atoms with van der Waals surface area (Å²) in [5, 5.41) is 9.57. The Morgan fingerprint density at radius 3 is 2.48 bits per heavy atom. The fraction of sp³-hybridized carbons (Fsp3) is 0.457. The minimum absolute atomic E-state index is 0.0777. The minimum Gasteiger partial charge on any atom is -0.381 e. The molecule has 44 heavy (non-hydrogen) atoms. The quantitative estimate of drug-likeness (QED) is 0.319. The Balaban J connectivity index is 1.39. The van der Waals surface area contributed by atoms with Gasteiger partial charge in [-0.15, -0.1) is 0 Å². The van der Waals surface area contributed by atoms with E-state index in [4.69, 9.17) is 4.74 Å². The normalized spacial score (nSPS) is 17.8. The van der Waals surface area contributed by atoms with Gasteiger partial charge >= 0.3 is 0 Å². The lowest BCUT2D eigenvalue weighted by molar-refractivity contribution is -0.121. The zero-order valence-corrected chi connectivity index (χ0v) is 26.2. The van der Waals surface area contributed by atoms with E-state index in [1.54, 1.807) is 0 Å². The van der Waals surface area contributed by atoms with Gasteiger partial charge in [-0.1, -0.05) is 12.1 Å². The second-order valence-electron chi connectivity index (χ2n) is 12.5. The first-order valence-electron chi connectivity index (χ1n) is 15.9. The molecular formula is C35H43N5O4. The van der Waals surface area contributed by atoms with Crippen molar-refractivity contribution in [1.82, 2.24) is 15.6 Å². The summed E-state index contributed by atoms with van der Waals surface area (Å²) in [7, 11) is 0. The molecule has 3 aliphatic heterocycles. The molecule has 2 saturated heterocycles. The predicted molar refractivity (Wildman–Crippen MR) is 174 cm³/mol. The van der Waals surface area contributed by atoms with Crippen molar-refractivity contribution in [3.05, 3.63) is 80.3 Å². The van der Waals surface area contributed by atoms with Gasteiger partial charge in [0.2, 0.25) is 5.91 Å². The van der Waals surface area contributed by atoms with Crippen molar-refractivity contribution in [1.29, 1.82) is 0 Å². The summed E-state index contributed by atoms with van der Waals surface area (Å²) in [5.74, 6) is -0.148. The highest BCUT2D eigenvalue weighted by molar-refractivity contribution is 6.07. The smallest absolute Gasteiger partial charge is 0.253 e. The predicted octanol–water partition coefficient (Wildman–Crippen LogP) is 4.48. The largest absolute Gasteiger partial charge is 0.381 e. The number of aromatic amines is 1. The number of carbonyl (C=O) groups is 2. The van der Waals surface area contributed by atoms with Gasteiger partial charge in [0.1, 0.15) is 0 Å². The summed E-state index contributed by atoms with van der Waals surface area (Å²) in [4.78, 5) is 45.0. The number of amides is 2. The minimum atomic E-state index is -0.476. The molecule has 0 saturated carbocycles. The van der Waals surface area contributed by atoms with E-state index in [0.717, 1.165) is 103 Å². The van der Waals surface area contributed by atoms with E-state index in [2.05, 4.69) is 57.0 Å². The van der Waals surface area contributed by atoms with Crippen molar-refractivity contribution >= 4 is 23.2 Å². The average molecular weight is 598 g/mol. The lowest BCUT2D eigenvalue weighted by atomic mass is 9.74. The number of rotatable bonds is 7. The molecule has 4 N–H and O–H groups in total. The molecule has 0 radical (unpaired) electrons. The third kappa shape index (κ3) is 5.43. The van der Waals surface area contributed by atoms with Crippen molar-refractivity contribution in [2.24, 2.45) is 0 Å². The molecule has 2 aromatic carbocycles. The number of anilines is 2. The number of ether oxygens (including phenoxy) is 1. The van der Waals surface area contributed by atoms with Crippen LogP contribution in [0.1, 0.15) is 70.9 Å². The number of hydrogen-bond donors (Lipinski definition) is 4. The monoisotopic (exact) mass is 597 g/mol. The molecule has 0 atom stereocenters. The number of benzene rings is 2. The molecule has 232 valence electrons. The Kier molecular flexibility index (Phi) is 8.35. The number of pyridine rings is 1. The number of nitrogens with zero attached hydrogens (tertiary/aromatic N) is 1. The third-order valence-corrected chi connectivity index (χ3v) is 9.83. The van der Waals surface area contributed by atoms with Crippen LogP contribution in [0.2, 0.25) is 0 Å². The van der Waals surface area contributed by atoms with Crippen LogP contribution in [0.15, 0.2) is 41.2 Å². The molecule has 2 amide bonds. The molecule has 3 aliphatic rings. The fourth-order valence-corrected chi connectivity index (χ4v) is 7.35. The van der Waals surface area contributed by atoms with Gasteiger partial charge in [-0.05, 0) is 119 Å². The highest BCUT2D eigenvalue weighted by Gasteiger charge is 2.47. The van der Waals surface area contributed by atoms with E-state index in [1.165, 1.54) is 0 Å². The summed E-state index contributed by atoms with van der Waals surface area (Å²) in [6, 6.07) is 12.6. The van der Waals surface area contributed by atoms with Gasteiger partial charge in [-0.2, -0.15) is 0 Å². The van der Waals surface area contributed by atoms with Crippen LogP contribution in [0, 0.1) is 20.8 Å². The van der Waals surface area contributed by atoms with Gasteiger partial charge in [-0.3, -0.25) is 14.4 Å². The molecule has 4 heterocycles. The maximum Gasteiger partial charge on any atom is 0.253 e. The number of piperidine rings is 1. The van der Waals surface area contributed by atoms with Crippen LogP contribution in [0.5, 0.6) is 0 Å². The lowest BCUT2D eigenvalue weighted by Gasteiger charge is -2.37. The van der Waals surface area contributed by atoms with Crippen molar-refractivity contribution in [3.8, 4) is 11.1 Å². The van der Waals surface area contributed by atoms with Gasteiger partial charge in [0, 0.05) is 60.5 Å². The topological polar surface area (TPSA) is 116 Å². The molecule has 9 heteroatoms. The second-order valence-corrected chi connectivity index (χ2v) is 12.5. The molecule has 3 aromatic rings. The summed E-state index contributed by atoms with van der Waals surface area (Å²) in [5.41, 5.74) is 7.80. The Hall–Kier alpha value is -3.95. The number of H-pyrrole nitrogens is 1. The first-order chi connectivity index (χ1) is 21.2. The number of aromatic nitrogens is 1. The van der Waals surface area contributed by atoms with E-state index < -0.39 is 5.41 Å². The SMILES string of the molecule is CCN(c1cc(-c2ccc3c(c2)NC(=O)C32CCNCC2)cc(C(=O)NCc2c(C)cc(C)[nH]c2=O)c1C)C1CCOCC1.